The first-order valence-electron chi connectivity index (χ1n) is 10.8. The molecule has 0 fully saturated rings. The Kier molecular flexibility index (Phi) is 5.43. The molecule has 5 nitrogen and oxygen atoms in total. The topological polar surface area (TPSA) is 49.9 Å². The van der Waals surface area contributed by atoms with Crippen LogP contribution in [0.4, 0.5) is 5.69 Å². The minimum atomic E-state index is -0.377. The van der Waals surface area contributed by atoms with Gasteiger partial charge in [-0.2, -0.15) is 0 Å². The summed E-state index contributed by atoms with van der Waals surface area (Å²) in [5.41, 5.74) is 5.41. The number of nitrogens with zero attached hydrogens (tertiary/aromatic N) is 2. The largest absolute Gasteiger partial charge is 0.495 e. The molecule has 0 saturated heterocycles. The molecule has 3 aromatic carbocycles. The molecule has 6 heteroatoms. The number of aryl methyl sites for hydroxylation is 1. The van der Waals surface area contributed by atoms with Gasteiger partial charge in [0.2, 0.25) is 0 Å². The zero-order chi connectivity index (χ0) is 23.1. The Morgan fingerprint density at radius 3 is 2.36 bits per heavy atom. The molecule has 0 aromatic heterocycles. The Hall–Kier alpha value is -3.57. The van der Waals surface area contributed by atoms with E-state index >= 15 is 0 Å². The number of carbonyl (C=O) groups excluding carboxylic acids is 2. The minimum Gasteiger partial charge on any atom is -0.495 e. The second kappa shape index (κ2) is 8.41. The first-order chi connectivity index (χ1) is 16.0. The number of benzene rings is 3. The molecule has 2 heterocycles. The Labute approximate surface area is 197 Å². The third kappa shape index (κ3) is 3.68. The van der Waals surface area contributed by atoms with E-state index in [1.54, 1.807) is 18.2 Å². The summed E-state index contributed by atoms with van der Waals surface area (Å²) in [7, 11) is 1.51. The molecule has 3 aromatic rings. The highest BCUT2D eigenvalue weighted by Gasteiger charge is 2.44. The number of anilines is 1. The third-order valence-corrected chi connectivity index (χ3v) is 6.46. The lowest BCUT2D eigenvalue weighted by Gasteiger charge is -2.31. The van der Waals surface area contributed by atoms with Crippen LogP contribution in [0.3, 0.4) is 0 Å². The van der Waals surface area contributed by atoms with Crippen molar-refractivity contribution in [3.63, 3.8) is 0 Å². The molecule has 2 aliphatic heterocycles. The molecule has 2 amide bonds. The van der Waals surface area contributed by atoms with Crippen molar-refractivity contribution >= 4 is 34.7 Å². The van der Waals surface area contributed by atoms with Crippen molar-refractivity contribution in [2.45, 2.75) is 19.9 Å². The van der Waals surface area contributed by atoms with Crippen molar-refractivity contribution in [1.82, 2.24) is 4.90 Å². The third-order valence-electron chi connectivity index (χ3n) is 6.23. The molecular weight excluding hydrogens is 436 g/mol. The smallest absolute Gasteiger partial charge is 0.282 e. The maximum Gasteiger partial charge on any atom is 0.282 e. The van der Waals surface area contributed by atoms with Gasteiger partial charge in [0.15, 0.2) is 0 Å². The van der Waals surface area contributed by atoms with E-state index in [0.717, 1.165) is 17.5 Å². The standard InChI is InChI=1S/C27H23ClN2O3/c1-17-7-9-19(10-8-17)24-25(29-14-13-18-5-3-4-6-20(18)16-29)27(32)30(26(24)31)22-15-21(28)11-12-23(22)33-2/h3-12,15H,13-14,16H2,1-2H3. The van der Waals surface area contributed by atoms with Gasteiger partial charge in [0.1, 0.15) is 11.4 Å². The fourth-order valence-electron chi connectivity index (χ4n) is 4.54. The quantitative estimate of drug-likeness (QED) is 0.516. The maximum absolute atomic E-state index is 13.9. The number of ether oxygens (including phenoxy) is 1. The zero-order valence-corrected chi connectivity index (χ0v) is 19.2. The van der Waals surface area contributed by atoms with E-state index in [9.17, 15) is 9.59 Å². The average molecular weight is 459 g/mol. The van der Waals surface area contributed by atoms with Crippen molar-refractivity contribution in [1.29, 1.82) is 0 Å². The number of imide groups is 1. The number of rotatable bonds is 4. The zero-order valence-electron chi connectivity index (χ0n) is 18.5. The van der Waals surface area contributed by atoms with Crippen LogP contribution < -0.4 is 9.64 Å². The summed E-state index contributed by atoms with van der Waals surface area (Å²) in [5.74, 6) is -0.330. The van der Waals surface area contributed by atoms with Crippen LogP contribution in [-0.2, 0) is 22.6 Å². The Morgan fingerprint density at radius 2 is 1.64 bits per heavy atom. The first kappa shape index (κ1) is 21.3. The molecule has 0 atom stereocenters. The summed E-state index contributed by atoms with van der Waals surface area (Å²) in [6.07, 6.45) is 0.808. The second-order valence-corrected chi connectivity index (χ2v) is 8.73. The van der Waals surface area contributed by atoms with Crippen molar-refractivity contribution in [3.8, 4) is 5.75 Å². The van der Waals surface area contributed by atoms with Crippen LogP contribution in [0.25, 0.3) is 5.57 Å². The molecule has 0 saturated carbocycles. The summed E-state index contributed by atoms with van der Waals surface area (Å²) in [5, 5.41) is 0.420. The van der Waals surface area contributed by atoms with Crippen LogP contribution in [0.2, 0.25) is 5.02 Å². The van der Waals surface area contributed by atoms with E-state index in [2.05, 4.69) is 12.1 Å². The summed E-state index contributed by atoms with van der Waals surface area (Å²) in [4.78, 5) is 30.9. The van der Waals surface area contributed by atoms with Gasteiger partial charge in [0.25, 0.3) is 11.8 Å². The molecule has 166 valence electrons. The fraction of sp³-hybridized carbons (Fsp3) is 0.185. The van der Waals surface area contributed by atoms with Crippen LogP contribution in [0.15, 0.2) is 72.4 Å². The number of amides is 2. The molecule has 0 aliphatic carbocycles. The van der Waals surface area contributed by atoms with Crippen molar-refractivity contribution in [3.05, 3.63) is 99.7 Å². The molecule has 5 rings (SSSR count). The predicted molar refractivity (Wildman–Crippen MR) is 129 cm³/mol. The number of halogens is 1. The highest BCUT2D eigenvalue weighted by Crippen LogP contribution is 2.40. The van der Waals surface area contributed by atoms with Gasteiger partial charge in [0.05, 0.1) is 18.4 Å². The summed E-state index contributed by atoms with van der Waals surface area (Å²) in [6.45, 7) is 3.22. The van der Waals surface area contributed by atoms with Gasteiger partial charge in [-0.3, -0.25) is 9.59 Å². The van der Waals surface area contributed by atoms with E-state index in [-0.39, 0.29) is 11.8 Å². The molecule has 0 bridgehead atoms. The van der Waals surface area contributed by atoms with E-state index in [4.69, 9.17) is 16.3 Å². The second-order valence-electron chi connectivity index (χ2n) is 8.29. The van der Waals surface area contributed by atoms with Crippen LogP contribution in [0.5, 0.6) is 5.75 Å². The maximum atomic E-state index is 13.9. The lowest BCUT2D eigenvalue weighted by molar-refractivity contribution is -0.120. The van der Waals surface area contributed by atoms with Crippen molar-refractivity contribution in [2.24, 2.45) is 0 Å². The number of methoxy groups -OCH3 is 1. The lowest BCUT2D eigenvalue weighted by atomic mass is 9.97. The van der Waals surface area contributed by atoms with E-state index in [0.29, 0.717) is 40.8 Å². The number of hydrogen-bond donors (Lipinski definition) is 0. The Balaban J connectivity index is 1.65. The SMILES string of the molecule is COc1ccc(Cl)cc1N1C(=O)C(c2ccc(C)cc2)=C(N2CCc3ccccc3C2)C1=O. The fourth-order valence-corrected chi connectivity index (χ4v) is 4.70. The Bertz CT molecular complexity index is 1300. The van der Waals surface area contributed by atoms with Gasteiger partial charge in [-0.15, -0.1) is 0 Å². The molecule has 2 aliphatic rings. The van der Waals surface area contributed by atoms with Crippen LogP contribution >= 0.6 is 11.6 Å². The number of fused-ring (bicyclic) bond motifs is 1. The summed E-state index contributed by atoms with van der Waals surface area (Å²) < 4.78 is 5.46. The van der Waals surface area contributed by atoms with E-state index < -0.39 is 0 Å². The summed E-state index contributed by atoms with van der Waals surface area (Å²) in [6, 6.07) is 20.9. The number of carbonyl (C=O) groups is 2. The minimum absolute atomic E-state index is 0.344. The lowest BCUT2D eigenvalue weighted by Crippen LogP contribution is -2.37. The highest BCUT2D eigenvalue weighted by atomic mass is 35.5. The molecular formula is C27H23ClN2O3. The number of hydrogen-bond acceptors (Lipinski definition) is 4. The van der Waals surface area contributed by atoms with Crippen molar-refractivity contribution in [2.75, 3.05) is 18.6 Å². The molecule has 0 radical (unpaired) electrons. The molecule has 0 spiro atoms. The average Bonchev–Trinajstić information content (AvgIpc) is 3.09. The van der Waals surface area contributed by atoms with Gasteiger partial charge in [-0.1, -0.05) is 65.7 Å². The van der Waals surface area contributed by atoms with Gasteiger partial charge in [-0.05, 0) is 48.2 Å². The Morgan fingerprint density at radius 1 is 0.909 bits per heavy atom. The van der Waals surface area contributed by atoms with Gasteiger partial charge in [-0.25, -0.2) is 4.90 Å². The predicted octanol–water partition coefficient (Wildman–Crippen LogP) is 5.00. The highest BCUT2D eigenvalue weighted by molar-refractivity contribution is 6.46. The molecule has 0 unspecified atom stereocenters. The molecule has 33 heavy (non-hydrogen) atoms. The van der Waals surface area contributed by atoms with Gasteiger partial charge in [0, 0.05) is 18.1 Å². The van der Waals surface area contributed by atoms with Gasteiger partial charge < -0.3 is 9.64 Å². The van der Waals surface area contributed by atoms with E-state index in [1.807, 2.05) is 48.2 Å². The summed E-state index contributed by atoms with van der Waals surface area (Å²) >= 11 is 6.23. The van der Waals surface area contributed by atoms with E-state index in [1.165, 1.54) is 23.1 Å². The van der Waals surface area contributed by atoms with Crippen LogP contribution in [-0.4, -0.2) is 30.4 Å². The van der Waals surface area contributed by atoms with Crippen LogP contribution in [0, 0.1) is 6.92 Å². The monoisotopic (exact) mass is 458 g/mol. The van der Waals surface area contributed by atoms with Crippen molar-refractivity contribution < 1.29 is 14.3 Å². The molecule has 0 N–H and O–H groups in total. The normalized spacial score (nSPS) is 15.8. The van der Waals surface area contributed by atoms with Gasteiger partial charge >= 0.3 is 0 Å². The first-order valence-corrected chi connectivity index (χ1v) is 11.2. The van der Waals surface area contributed by atoms with Crippen LogP contribution in [0.1, 0.15) is 22.3 Å².